The maximum Gasteiger partial charge on any atom is 0.387 e. The molecular weight excluding hydrogens is 384 g/mol. The van der Waals surface area contributed by atoms with Crippen LogP contribution < -0.4 is 15.8 Å². The molecule has 1 heterocycles. The van der Waals surface area contributed by atoms with E-state index in [1.165, 1.54) is 24.3 Å². The second-order valence-corrected chi connectivity index (χ2v) is 6.87. The molecule has 1 amide bonds. The van der Waals surface area contributed by atoms with Crippen molar-refractivity contribution >= 4 is 23.6 Å². The van der Waals surface area contributed by atoms with Crippen LogP contribution >= 0.6 is 0 Å². The molecule has 8 nitrogen and oxygen atoms in total. The Morgan fingerprint density at radius 2 is 2.14 bits per heavy atom. The first kappa shape index (κ1) is 20.7. The molecule has 3 rings (SSSR count). The number of ether oxygens (including phenoxy) is 1. The van der Waals surface area contributed by atoms with E-state index in [9.17, 15) is 18.7 Å². The average molecular weight is 407 g/mol. The summed E-state index contributed by atoms with van der Waals surface area (Å²) in [6.45, 7) is -2.90. The number of aliphatic hydroxyl groups is 1. The largest absolute Gasteiger partial charge is 0.435 e. The van der Waals surface area contributed by atoms with Crippen LogP contribution in [0.1, 0.15) is 35.7 Å². The number of carbonyl (C=O) groups is 1. The molecule has 10 heteroatoms. The van der Waals surface area contributed by atoms with E-state index >= 15 is 0 Å². The molecule has 3 atom stereocenters. The van der Waals surface area contributed by atoms with Crippen molar-refractivity contribution in [1.82, 2.24) is 9.78 Å². The summed E-state index contributed by atoms with van der Waals surface area (Å²) in [5, 5.41) is 17.4. The minimum absolute atomic E-state index is 0.0219. The Kier molecular flexibility index (Phi) is 6.42. The monoisotopic (exact) mass is 407 g/mol. The summed E-state index contributed by atoms with van der Waals surface area (Å²) in [5.74, 6) is -0.386. The van der Waals surface area contributed by atoms with Crippen LogP contribution in [0, 0.1) is 5.92 Å². The van der Waals surface area contributed by atoms with E-state index in [1.807, 2.05) is 0 Å². The predicted molar refractivity (Wildman–Crippen MR) is 104 cm³/mol. The Labute approximate surface area is 166 Å². The normalized spacial score (nSPS) is 22.2. The lowest BCUT2D eigenvalue weighted by Crippen LogP contribution is -2.31. The number of hydrogen-bond donors (Lipinski definition) is 3. The summed E-state index contributed by atoms with van der Waals surface area (Å²) in [6.07, 6.45) is 4.83. The molecule has 1 aromatic heterocycles. The van der Waals surface area contributed by atoms with Gasteiger partial charge >= 0.3 is 6.61 Å². The third-order valence-electron chi connectivity index (χ3n) is 4.85. The van der Waals surface area contributed by atoms with Gasteiger partial charge in [-0.2, -0.15) is 13.9 Å². The van der Waals surface area contributed by atoms with Crippen LogP contribution in [0.15, 0.2) is 35.5 Å². The number of alkyl halides is 2. The highest BCUT2D eigenvalue weighted by Gasteiger charge is 2.31. The fraction of sp³-hybridized carbons (Fsp3) is 0.421. The van der Waals surface area contributed by atoms with Crippen molar-refractivity contribution in [2.45, 2.75) is 38.0 Å². The van der Waals surface area contributed by atoms with Gasteiger partial charge in [0.1, 0.15) is 11.3 Å². The van der Waals surface area contributed by atoms with Gasteiger partial charge in [-0.25, -0.2) is 0 Å². The van der Waals surface area contributed by atoms with E-state index in [4.69, 9.17) is 5.73 Å². The summed E-state index contributed by atoms with van der Waals surface area (Å²) < 4.78 is 30.5. The number of hydrogen-bond acceptors (Lipinski definition) is 6. The van der Waals surface area contributed by atoms with Gasteiger partial charge in [-0.3, -0.25) is 9.48 Å². The van der Waals surface area contributed by atoms with Gasteiger partial charge in [0.05, 0.1) is 12.1 Å². The number of primary amides is 1. The molecule has 1 saturated carbocycles. The average Bonchev–Trinajstić information content (AvgIpc) is 3.07. The molecule has 156 valence electrons. The van der Waals surface area contributed by atoms with E-state index < -0.39 is 18.6 Å². The number of rotatable bonds is 7. The Bertz CT molecular complexity index is 869. The minimum atomic E-state index is -2.90. The number of aliphatic imine (C=N–C) groups is 1. The molecule has 1 aromatic carbocycles. The van der Waals surface area contributed by atoms with E-state index in [-0.39, 0.29) is 29.1 Å². The molecule has 1 aliphatic carbocycles. The van der Waals surface area contributed by atoms with Gasteiger partial charge in [0.2, 0.25) is 0 Å². The number of aliphatic hydroxyl groups excluding tert-OH is 1. The molecule has 0 unspecified atom stereocenters. The second kappa shape index (κ2) is 8.99. The van der Waals surface area contributed by atoms with Crippen molar-refractivity contribution in [3.63, 3.8) is 0 Å². The molecule has 0 saturated heterocycles. The number of aromatic nitrogens is 2. The van der Waals surface area contributed by atoms with Gasteiger partial charge in [-0.1, -0.05) is 0 Å². The number of nitrogens with one attached hydrogen (secondary N) is 1. The SMILES string of the molecule is CN=C[C@H]1C[C@H](O)CC[C@@H]1n1cc(C(N)=O)c(Nc2ccc(OC(F)F)cc2)n1. The van der Waals surface area contributed by atoms with Crippen molar-refractivity contribution in [3.8, 4) is 5.75 Å². The highest BCUT2D eigenvalue weighted by atomic mass is 19.3. The summed E-state index contributed by atoms with van der Waals surface area (Å²) in [4.78, 5) is 16.0. The first-order valence-corrected chi connectivity index (χ1v) is 9.18. The van der Waals surface area contributed by atoms with Gasteiger partial charge in [0.25, 0.3) is 5.91 Å². The summed E-state index contributed by atoms with van der Waals surface area (Å²) in [5.41, 5.74) is 6.24. The molecule has 1 fully saturated rings. The number of halogens is 2. The Morgan fingerprint density at radius 3 is 2.76 bits per heavy atom. The fourth-order valence-electron chi connectivity index (χ4n) is 3.54. The Morgan fingerprint density at radius 1 is 1.41 bits per heavy atom. The van der Waals surface area contributed by atoms with Crippen molar-refractivity contribution in [3.05, 3.63) is 36.0 Å². The van der Waals surface area contributed by atoms with E-state index in [2.05, 4.69) is 20.1 Å². The molecule has 1 aliphatic rings. The first-order valence-electron chi connectivity index (χ1n) is 9.18. The Balaban J connectivity index is 1.84. The molecule has 0 aliphatic heterocycles. The molecule has 4 N–H and O–H groups in total. The van der Waals surface area contributed by atoms with E-state index in [1.54, 1.807) is 24.1 Å². The molecular formula is C19H23F2N5O3. The smallest absolute Gasteiger partial charge is 0.387 e. The lowest BCUT2D eigenvalue weighted by molar-refractivity contribution is -0.0498. The standard InChI is InChI=1S/C19H23F2N5O3/c1-23-9-11-8-13(27)4-7-16(11)26-10-15(17(22)28)18(25-26)24-12-2-5-14(6-3-12)29-19(20)21/h2-3,5-6,9-11,13,16,19,27H,4,7-8H2,1H3,(H2,22,28)(H,24,25)/t11-,13-,16+/m1/s1. The van der Waals surface area contributed by atoms with Crippen molar-refractivity contribution in [2.24, 2.45) is 16.6 Å². The van der Waals surface area contributed by atoms with Crippen LogP contribution in [0.2, 0.25) is 0 Å². The van der Waals surface area contributed by atoms with Gasteiger partial charge in [-0.15, -0.1) is 0 Å². The third kappa shape index (κ3) is 5.08. The van der Waals surface area contributed by atoms with Gasteiger partial charge < -0.3 is 25.9 Å². The first-order chi connectivity index (χ1) is 13.9. The lowest BCUT2D eigenvalue weighted by Gasteiger charge is -2.32. The highest BCUT2D eigenvalue weighted by molar-refractivity contribution is 5.98. The van der Waals surface area contributed by atoms with Gasteiger partial charge in [0, 0.05) is 31.1 Å². The van der Waals surface area contributed by atoms with E-state index in [0.717, 1.165) is 0 Å². The summed E-state index contributed by atoms with van der Waals surface area (Å²) >= 11 is 0. The predicted octanol–water partition coefficient (Wildman–Crippen LogP) is 2.73. The quantitative estimate of drug-likeness (QED) is 0.611. The summed E-state index contributed by atoms with van der Waals surface area (Å²) in [7, 11) is 1.67. The number of anilines is 2. The zero-order valence-electron chi connectivity index (χ0n) is 15.8. The zero-order valence-corrected chi connectivity index (χ0v) is 15.8. The molecule has 0 bridgehead atoms. The number of nitrogens with zero attached hydrogens (tertiary/aromatic N) is 3. The van der Waals surface area contributed by atoms with Crippen LogP contribution in [0.25, 0.3) is 0 Å². The van der Waals surface area contributed by atoms with Crippen molar-refractivity contribution in [2.75, 3.05) is 12.4 Å². The second-order valence-electron chi connectivity index (χ2n) is 6.87. The third-order valence-corrected chi connectivity index (χ3v) is 4.85. The zero-order chi connectivity index (χ0) is 21.0. The molecule has 2 aromatic rings. The van der Waals surface area contributed by atoms with Crippen LogP contribution in [0.3, 0.4) is 0 Å². The molecule has 0 radical (unpaired) electrons. The number of nitrogens with two attached hydrogens (primary N) is 1. The van der Waals surface area contributed by atoms with E-state index in [0.29, 0.717) is 24.9 Å². The topological polar surface area (TPSA) is 115 Å². The minimum Gasteiger partial charge on any atom is -0.435 e. The van der Waals surface area contributed by atoms with Crippen LogP contribution in [-0.2, 0) is 0 Å². The van der Waals surface area contributed by atoms with Crippen LogP contribution in [0.4, 0.5) is 20.3 Å². The van der Waals surface area contributed by atoms with Crippen LogP contribution in [-0.4, -0.2) is 46.8 Å². The lowest BCUT2D eigenvalue weighted by atomic mass is 9.83. The number of benzene rings is 1. The maximum atomic E-state index is 12.3. The number of amides is 1. The molecule has 29 heavy (non-hydrogen) atoms. The Hall–Kier alpha value is -3.01. The van der Waals surface area contributed by atoms with Crippen molar-refractivity contribution < 1.29 is 23.4 Å². The van der Waals surface area contributed by atoms with Crippen molar-refractivity contribution in [1.29, 1.82) is 0 Å². The van der Waals surface area contributed by atoms with Gasteiger partial charge in [-0.05, 0) is 43.5 Å². The fourth-order valence-corrected chi connectivity index (χ4v) is 3.54. The number of carbonyl (C=O) groups excluding carboxylic acids is 1. The maximum absolute atomic E-state index is 12.3. The summed E-state index contributed by atoms with van der Waals surface area (Å²) in [6, 6.07) is 5.76. The van der Waals surface area contributed by atoms with Crippen LogP contribution in [0.5, 0.6) is 5.75 Å². The van der Waals surface area contributed by atoms with Gasteiger partial charge in [0.15, 0.2) is 5.82 Å². The highest BCUT2D eigenvalue weighted by Crippen LogP contribution is 2.34. The molecule has 0 spiro atoms.